The second kappa shape index (κ2) is 17.4. The Morgan fingerprint density at radius 1 is 1.04 bits per heavy atom. The fourth-order valence-corrected chi connectivity index (χ4v) is 8.78. The van der Waals surface area contributed by atoms with Crippen LogP contribution in [-0.2, 0) is 19.1 Å². The van der Waals surface area contributed by atoms with Crippen molar-refractivity contribution in [2.45, 2.75) is 85.5 Å². The summed E-state index contributed by atoms with van der Waals surface area (Å²) >= 11 is 6.23. The lowest BCUT2D eigenvalue weighted by Gasteiger charge is -2.63. The average Bonchev–Trinajstić information content (AvgIpc) is 3.66. The van der Waals surface area contributed by atoms with Crippen LogP contribution in [-0.4, -0.2) is 122 Å². The highest BCUT2D eigenvalue weighted by molar-refractivity contribution is 6.31. The molecule has 4 amide bonds. The number of piperazine rings is 1. The van der Waals surface area contributed by atoms with Gasteiger partial charge in [-0.2, -0.15) is 5.26 Å². The van der Waals surface area contributed by atoms with Gasteiger partial charge in [-0.05, 0) is 42.5 Å². The molecule has 1 unspecified atom stereocenters. The molecule has 3 heterocycles. The van der Waals surface area contributed by atoms with E-state index in [1.165, 1.54) is 0 Å². The Morgan fingerprint density at radius 2 is 1.73 bits per heavy atom. The van der Waals surface area contributed by atoms with Gasteiger partial charge in [0, 0.05) is 75.5 Å². The van der Waals surface area contributed by atoms with Crippen molar-refractivity contribution in [2.24, 2.45) is 16.2 Å². The van der Waals surface area contributed by atoms with Crippen LogP contribution in [0.5, 0.6) is 5.75 Å². The Balaban J connectivity index is 1.04. The second-order valence-electron chi connectivity index (χ2n) is 17.3. The Kier molecular flexibility index (Phi) is 13.2. The molecule has 3 aliphatic rings. The molecule has 2 saturated heterocycles. The Bertz CT molecular complexity index is 1780. The molecule has 15 heteroatoms. The number of hydrogen-bond donors (Lipinski definition) is 3. The van der Waals surface area contributed by atoms with Gasteiger partial charge in [-0.3, -0.25) is 24.1 Å². The number of nitriles is 1. The Hall–Kier alpha value is -4.45. The highest BCUT2D eigenvalue weighted by atomic mass is 35.5. The second-order valence-corrected chi connectivity index (χ2v) is 17.7. The fourth-order valence-electron chi connectivity index (χ4n) is 8.56. The van der Waals surface area contributed by atoms with Gasteiger partial charge in [-0.15, -0.1) is 0 Å². The van der Waals surface area contributed by atoms with Gasteiger partial charge >= 0.3 is 0 Å². The summed E-state index contributed by atoms with van der Waals surface area (Å²) in [4.78, 5) is 62.8. The first-order valence-corrected chi connectivity index (χ1v) is 19.8. The summed E-state index contributed by atoms with van der Waals surface area (Å²) in [5, 5.41) is 18.3. The molecule has 1 aromatic carbocycles. The highest BCUT2D eigenvalue weighted by Crippen LogP contribution is 2.55. The first-order chi connectivity index (χ1) is 26.4. The number of amides is 4. The zero-order valence-corrected chi connectivity index (χ0v) is 34.7. The van der Waals surface area contributed by atoms with Gasteiger partial charge in [0.2, 0.25) is 17.7 Å². The van der Waals surface area contributed by atoms with Crippen molar-refractivity contribution in [3.05, 3.63) is 52.7 Å². The van der Waals surface area contributed by atoms with E-state index in [-0.39, 0.29) is 53.2 Å². The van der Waals surface area contributed by atoms with E-state index in [2.05, 4.69) is 64.5 Å². The summed E-state index contributed by atoms with van der Waals surface area (Å²) in [5.74, 6) is 0.364. The number of aromatic nitrogens is 1. The van der Waals surface area contributed by atoms with E-state index in [4.69, 9.17) is 21.1 Å². The molecule has 56 heavy (non-hydrogen) atoms. The van der Waals surface area contributed by atoms with Crippen LogP contribution in [0.1, 0.15) is 77.2 Å². The lowest BCUT2D eigenvalue weighted by molar-refractivity contribution is -0.164. The highest BCUT2D eigenvalue weighted by Gasteiger charge is 2.64. The molecule has 14 nitrogen and oxygen atoms in total. The first-order valence-electron chi connectivity index (χ1n) is 19.4. The number of nitrogens with zero attached hydrogens (tertiary/aromatic N) is 5. The average molecular weight is 793 g/mol. The lowest BCUT2D eigenvalue weighted by atomic mass is 9.49. The number of rotatable bonds is 13. The lowest BCUT2D eigenvalue weighted by Crippen LogP contribution is -2.74. The number of carbonyl (C=O) groups is 4. The van der Waals surface area contributed by atoms with Crippen LogP contribution >= 0.6 is 11.6 Å². The maximum atomic E-state index is 13.5. The quantitative estimate of drug-likeness (QED) is 0.255. The van der Waals surface area contributed by atoms with Crippen molar-refractivity contribution >= 4 is 41.0 Å². The third kappa shape index (κ3) is 9.39. The van der Waals surface area contributed by atoms with Crippen molar-refractivity contribution in [1.29, 1.82) is 5.26 Å². The van der Waals surface area contributed by atoms with Gasteiger partial charge in [0.05, 0.1) is 22.8 Å². The van der Waals surface area contributed by atoms with E-state index in [9.17, 15) is 24.4 Å². The third-order valence-electron chi connectivity index (χ3n) is 11.4. The van der Waals surface area contributed by atoms with E-state index in [1.54, 1.807) is 42.4 Å². The van der Waals surface area contributed by atoms with E-state index >= 15 is 0 Å². The maximum absolute atomic E-state index is 13.5. The molecule has 2 atom stereocenters. The standard InChI is InChI=1S/C41H57ClN8O6/c1-39(2,3)33(36(54)50-15-9-10-30(50)35(53)44-8)46-32(51)25-55-21-20-48-16-18-49(19-17-48)31-14-12-27(24-45-31)34(52)47-37-40(4,5)38(41(37,6)7)56-28-13-11-26(23-43)29(42)22-28/h11-14,22,24,30,33,37-38H,9-10,15-21,25H2,1-8H3,(H,44,53)(H,46,51)(H,47,52)/t30-,33?,37?,38?/m1/s1. The number of pyridine rings is 1. The predicted octanol–water partition coefficient (Wildman–Crippen LogP) is 3.63. The number of ether oxygens (including phenoxy) is 2. The zero-order valence-electron chi connectivity index (χ0n) is 33.9. The summed E-state index contributed by atoms with van der Waals surface area (Å²) in [6, 6.07) is 9.31. The number of likely N-dealkylation sites (tertiary alicyclic amines) is 1. The largest absolute Gasteiger partial charge is 0.489 e. The van der Waals surface area contributed by atoms with Crippen LogP contribution in [0.25, 0.3) is 0 Å². The molecule has 1 saturated carbocycles. The maximum Gasteiger partial charge on any atom is 0.253 e. The van der Waals surface area contributed by atoms with Crippen molar-refractivity contribution in [1.82, 2.24) is 30.7 Å². The molecule has 0 spiro atoms. The number of likely N-dealkylation sites (N-methyl/N-ethyl adjacent to an activating group) is 1. The molecule has 5 rings (SSSR count). The van der Waals surface area contributed by atoms with Crippen molar-refractivity contribution in [3.8, 4) is 11.8 Å². The minimum absolute atomic E-state index is 0.165. The molecule has 0 radical (unpaired) electrons. The van der Waals surface area contributed by atoms with Gasteiger partial charge in [0.15, 0.2) is 0 Å². The monoisotopic (exact) mass is 792 g/mol. The Labute approximate surface area is 335 Å². The third-order valence-corrected chi connectivity index (χ3v) is 11.7. The number of hydrogen-bond acceptors (Lipinski definition) is 10. The van der Waals surface area contributed by atoms with Crippen molar-refractivity contribution in [3.63, 3.8) is 0 Å². The summed E-state index contributed by atoms with van der Waals surface area (Å²) in [6.45, 7) is 18.3. The normalized spacial score (nSPS) is 22.3. The van der Waals surface area contributed by atoms with Gasteiger partial charge in [0.25, 0.3) is 5.91 Å². The van der Waals surface area contributed by atoms with Gasteiger partial charge in [-0.1, -0.05) is 60.1 Å². The van der Waals surface area contributed by atoms with Crippen LogP contribution in [0.2, 0.25) is 5.02 Å². The van der Waals surface area contributed by atoms with Crippen LogP contribution < -0.4 is 25.6 Å². The van der Waals surface area contributed by atoms with Gasteiger partial charge in [0.1, 0.15) is 42.4 Å². The fraction of sp³-hybridized carbons (Fsp3) is 0.610. The first kappa shape index (κ1) is 42.7. The molecular formula is C41H57ClN8O6. The smallest absolute Gasteiger partial charge is 0.253 e. The molecule has 304 valence electrons. The summed E-state index contributed by atoms with van der Waals surface area (Å²) < 4.78 is 12.1. The molecule has 2 aliphatic heterocycles. The molecule has 3 N–H and O–H groups in total. The minimum Gasteiger partial charge on any atom is -0.489 e. The van der Waals surface area contributed by atoms with E-state index in [0.717, 1.165) is 38.4 Å². The summed E-state index contributed by atoms with van der Waals surface area (Å²) in [5.41, 5.74) is -0.454. The van der Waals surface area contributed by atoms with Gasteiger partial charge in [-0.25, -0.2) is 4.98 Å². The minimum atomic E-state index is -0.785. The van der Waals surface area contributed by atoms with E-state index < -0.39 is 17.5 Å². The van der Waals surface area contributed by atoms with Crippen LogP contribution in [0.3, 0.4) is 0 Å². The number of halogens is 1. The van der Waals surface area contributed by atoms with Crippen molar-refractivity contribution in [2.75, 3.05) is 64.4 Å². The number of carbonyl (C=O) groups excluding carboxylic acids is 4. The van der Waals surface area contributed by atoms with Crippen LogP contribution in [0, 0.1) is 27.6 Å². The number of anilines is 1. The predicted molar refractivity (Wildman–Crippen MR) is 213 cm³/mol. The SMILES string of the molecule is CNC(=O)[C@H]1CCCN1C(=O)C(NC(=O)COCCN1CCN(c2ccc(C(=O)NC3C(C)(C)C(Oc4ccc(C#N)c(Cl)c4)C3(C)C)cn2)CC1)C(C)(C)C. The van der Waals surface area contributed by atoms with Crippen molar-refractivity contribution < 1.29 is 28.7 Å². The van der Waals surface area contributed by atoms with E-state index in [0.29, 0.717) is 48.0 Å². The number of benzene rings is 1. The molecule has 0 bridgehead atoms. The van der Waals surface area contributed by atoms with Gasteiger partial charge < -0.3 is 35.2 Å². The molecular weight excluding hydrogens is 736 g/mol. The summed E-state index contributed by atoms with van der Waals surface area (Å²) in [6.07, 6.45) is 2.76. The zero-order chi connectivity index (χ0) is 41.0. The topological polar surface area (TPSA) is 169 Å². The van der Waals surface area contributed by atoms with E-state index in [1.807, 2.05) is 26.8 Å². The molecule has 2 aromatic rings. The molecule has 1 aliphatic carbocycles. The molecule has 1 aromatic heterocycles. The number of nitrogens with one attached hydrogen (secondary N) is 3. The summed E-state index contributed by atoms with van der Waals surface area (Å²) in [7, 11) is 1.56. The Morgan fingerprint density at radius 3 is 2.32 bits per heavy atom. The van der Waals surface area contributed by atoms with Crippen LogP contribution in [0.15, 0.2) is 36.5 Å². The van der Waals surface area contributed by atoms with Crippen LogP contribution in [0.4, 0.5) is 5.82 Å². The molecule has 3 fully saturated rings.